The topological polar surface area (TPSA) is 61.9 Å². The van der Waals surface area contributed by atoms with Crippen LogP contribution < -0.4 is 4.90 Å². The summed E-state index contributed by atoms with van der Waals surface area (Å²) in [5, 5.41) is 0. The smallest absolute Gasteiger partial charge is 0.156 e. The maximum atomic E-state index is 11.5. The van der Waals surface area contributed by atoms with Crippen LogP contribution in [0.2, 0.25) is 0 Å². The van der Waals surface area contributed by atoms with Gasteiger partial charge in [-0.1, -0.05) is 12.1 Å². The highest BCUT2D eigenvalue weighted by Gasteiger charge is 2.16. The molecule has 0 atom stereocenters. The van der Waals surface area contributed by atoms with E-state index in [-0.39, 0.29) is 0 Å². The molecule has 2 aromatic heterocycles. The summed E-state index contributed by atoms with van der Waals surface area (Å²) in [5.74, 6) is 1.50. The largest absolute Gasteiger partial charge is 0.370 e. The zero-order valence-corrected chi connectivity index (χ0v) is 12.8. The van der Waals surface area contributed by atoms with Gasteiger partial charge < -0.3 is 9.88 Å². The van der Waals surface area contributed by atoms with Crippen LogP contribution in [0.15, 0.2) is 42.7 Å². The molecule has 1 aliphatic rings. The molecule has 0 saturated carbocycles. The van der Waals surface area contributed by atoms with Crippen molar-refractivity contribution in [2.75, 3.05) is 29.5 Å². The van der Waals surface area contributed by atoms with Gasteiger partial charge in [-0.25, -0.2) is 9.97 Å². The summed E-state index contributed by atoms with van der Waals surface area (Å²) in [6.07, 6.45) is 3.64. The van der Waals surface area contributed by atoms with Crippen LogP contribution in [0.1, 0.15) is 0 Å². The molecule has 0 unspecified atom stereocenters. The SMILES string of the molecule is O=S1CCN(c2cccc(-c3cnc4[nH]ccc4n3)c2)CC1. The van der Waals surface area contributed by atoms with E-state index in [4.69, 9.17) is 0 Å². The highest BCUT2D eigenvalue weighted by Crippen LogP contribution is 2.25. The van der Waals surface area contributed by atoms with Crippen molar-refractivity contribution in [1.82, 2.24) is 15.0 Å². The van der Waals surface area contributed by atoms with Gasteiger partial charge in [-0.3, -0.25) is 4.21 Å². The van der Waals surface area contributed by atoms with E-state index in [0.29, 0.717) is 0 Å². The van der Waals surface area contributed by atoms with Gasteiger partial charge in [0.2, 0.25) is 0 Å². The molecule has 5 nitrogen and oxygen atoms in total. The second-order valence-corrected chi connectivity index (χ2v) is 7.05. The first-order valence-corrected chi connectivity index (χ1v) is 8.79. The molecule has 22 heavy (non-hydrogen) atoms. The van der Waals surface area contributed by atoms with Gasteiger partial charge in [0, 0.05) is 52.8 Å². The molecular formula is C16H16N4OS. The number of rotatable bonds is 2. The molecule has 0 spiro atoms. The number of H-pyrrole nitrogens is 1. The molecule has 0 bridgehead atoms. The highest BCUT2D eigenvalue weighted by molar-refractivity contribution is 7.85. The van der Waals surface area contributed by atoms with E-state index in [1.807, 2.05) is 24.4 Å². The fourth-order valence-electron chi connectivity index (χ4n) is 2.73. The van der Waals surface area contributed by atoms with E-state index in [2.05, 4.69) is 32.0 Å². The number of anilines is 1. The van der Waals surface area contributed by atoms with Gasteiger partial charge in [0.15, 0.2) is 5.65 Å². The van der Waals surface area contributed by atoms with Gasteiger partial charge in [-0.2, -0.15) is 0 Å². The van der Waals surface area contributed by atoms with Crippen molar-refractivity contribution in [3.05, 3.63) is 42.7 Å². The van der Waals surface area contributed by atoms with Crippen molar-refractivity contribution >= 4 is 27.7 Å². The maximum Gasteiger partial charge on any atom is 0.156 e. The summed E-state index contributed by atoms with van der Waals surface area (Å²) in [6, 6.07) is 10.2. The monoisotopic (exact) mass is 312 g/mol. The summed E-state index contributed by atoms with van der Waals surface area (Å²) >= 11 is 0. The lowest BCUT2D eigenvalue weighted by Gasteiger charge is -2.28. The van der Waals surface area contributed by atoms with Crippen LogP contribution in [0.5, 0.6) is 0 Å². The summed E-state index contributed by atoms with van der Waals surface area (Å²) in [7, 11) is -0.655. The number of benzene rings is 1. The van der Waals surface area contributed by atoms with E-state index >= 15 is 0 Å². The fourth-order valence-corrected chi connectivity index (χ4v) is 3.78. The molecule has 112 valence electrons. The Morgan fingerprint density at radius 1 is 1.18 bits per heavy atom. The molecule has 0 aliphatic carbocycles. The van der Waals surface area contributed by atoms with Crippen LogP contribution in [0.3, 0.4) is 0 Å². The first-order chi connectivity index (χ1) is 10.8. The predicted molar refractivity (Wildman–Crippen MR) is 89.4 cm³/mol. The number of hydrogen-bond acceptors (Lipinski definition) is 4. The Kier molecular flexibility index (Phi) is 3.38. The molecular weight excluding hydrogens is 296 g/mol. The standard InChI is InChI=1S/C16H16N4OS/c21-22-8-6-20(7-9-22)13-3-1-2-12(10-13)15-11-18-16-14(19-15)4-5-17-16/h1-5,10-11H,6-9H2,(H,17,18). The van der Waals surface area contributed by atoms with E-state index in [1.165, 1.54) is 0 Å². The Balaban J connectivity index is 1.67. The molecule has 1 aliphatic heterocycles. The Labute approximate surface area is 130 Å². The number of aromatic nitrogens is 3. The van der Waals surface area contributed by atoms with Gasteiger partial charge >= 0.3 is 0 Å². The normalized spacial score (nSPS) is 16.3. The van der Waals surface area contributed by atoms with Crippen LogP contribution >= 0.6 is 0 Å². The number of aromatic amines is 1. The van der Waals surface area contributed by atoms with Crippen LogP contribution in [0, 0.1) is 0 Å². The third-order valence-electron chi connectivity index (χ3n) is 3.95. The molecule has 4 rings (SSSR count). The maximum absolute atomic E-state index is 11.5. The second-order valence-electron chi connectivity index (χ2n) is 5.35. The summed E-state index contributed by atoms with van der Waals surface area (Å²) in [6.45, 7) is 1.69. The van der Waals surface area contributed by atoms with Crippen LogP contribution in [-0.2, 0) is 10.8 Å². The zero-order chi connectivity index (χ0) is 14.9. The van der Waals surface area contributed by atoms with E-state index < -0.39 is 10.8 Å². The van der Waals surface area contributed by atoms with Crippen molar-refractivity contribution in [3.8, 4) is 11.3 Å². The Morgan fingerprint density at radius 3 is 2.91 bits per heavy atom. The molecule has 1 aromatic carbocycles. The minimum atomic E-state index is -0.655. The summed E-state index contributed by atoms with van der Waals surface area (Å²) < 4.78 is 11.5. The highest BCUT2D eigenvalue weighted by atomic mass is 32.2. The molecule has 3 aromatic rings. The minimum absolute atomic E-state index is 0.655. The zero-order valence-electron chi connectivity index (χ0n) is 12.0. The van der Waals surface area contributed by atoms with Gasteiger partial charge in [-0.05, 0) is 18.2 Å². The quantitative estimate of drug-likeness (QED) is 0.788. The van der Waals surface area contributed by atoms with Crippen molar-refractivity contribution in [2.24, 2.45) is 0 Å². The number of hydrogen-bond donors (Lipinski definition) is 1. The van der Waals surface area contributed by atoms with Crippen LogP contribution in [0.25, 0.3) is 22.4 Å². The lowest BCUT2D eigenvalue weighted by Crippen LogP contribution is -2.37. The average molecular weight is 312 g/mol. The first-order valence-electron chi connectivity index (χ1n) is 7.30. The minimum Gasteiger partial charge on any atom is -0.370 e. The average Bonchev–Trinajstić information content (AvgIpc) is 3.03. The van der Waals surface area contributed by atoms with Gasteiger partial charge in [0.05, 0.1) is 11.9 Å². The Hall–Kier alpha value is -2.21. The Bertz CT molecular complexity index is 835. The number of nitrogens with one attached hydrogen (secondary N) is 1. The number of fused-ring (bicyclic) bond motifs is 1. The lowest BCUT2D eigenvalue weighted by molar-refractivity contribution is 0.673. The molecule has 3 heterocycles. The molecule has 0 radical (unpaired) electrons. The third-order valence-corrected chi connectivity index (χ3v) is 5.22. The van der Waals surface area contributed by atoms with Crippen LogP contribution in [0.4, 0.5) is 5.69 Å². The van der Waals surface area contributed by atoms with Crippen molar-refractivity contribution in [2.45, 2.75) is 0 Å². The first kappa shape index (κ1) is 13.5. The van der Waals surface area contributed by atoms with Gasteiger partial charge in [0.1, 0.15) is 5.52 Å². The van der Waals surface area contributed by atoms with Crippen molar-refractivity contribution < 1.29 is 4.21 Å². The molecule has 1 saturated heterocycles. The summed E-state index contributed by atoms with van der Waals surface area (Å²) in [4.78, 5) is 14.4. The molecule has 1 fully saturated rings. The van der Waals surface area contributed by atoms with Gasteiger partial charge in [0.25, 0.3) is 0 Å². The van der Waals surface area contributed by atoms with Crippen molar-refractivity contribution in [3.63, 3.8) is 0 Å². The third kappa shape index (κ3) is 2.50. The second kappa shape index (κ2) is 5.53. The van der Waals surface area contributed by atoms with Crippen LogP contribution in [-0.4, -0.2) is 43.8 Å². The van der Waals surface area contributed by atoms with E-state index in [9.17, 15) is 4.21 Å². The molecule has 1 N–H and O–H groups in total. The predicted octanol–water partition coefficient (Wildman–Crippen LogP) is 2.19. The molecule has 6 heteroatoms. The molecule has 0 amide bonds. The fraction of sp³-hybridized carbons (Fsp3) is 0.250. The van der Waals surface area contributed by atoms with Crippen molar-refractivity contribution in [1.29, 1.82) is 0 Å². The van der Waals surface area contributed by atoms with Gasteiger partial charge in [-0.15, -0.1) is 0 Å². The Morgan fingerprint density at radius 2 is 2.05 bits per heavy atom. The van der Waals surface area contributed by atoms with E-state index in [0.717, 1.165) is 52.7 Å². The van der Waals surface area contributed by atoms with E-state index in [1.54, 1.807) is 6.20 Å². The number of nitrogens with zero attached hydrogens (tertiary/aromatic N) is 3. The lowest BCUT2D eigenvalue weighted by atomic mass is 10.1. The summed E-state index contributed by atoms with van der Waals surface area (Å²) in [5.41, 5.74) is 4.76.